The third-order valence-electron chi connectivity index (χ3n) is 5.45. The number of aromatic nitrogens is 1. The van der Waals surface area contributed by atoms with Gasteiger partial charge in [-0.3, -0.25) is 15.1 Å². The van der Waals surface area contributed by atoms with E-state index in [9.17, 15) is 15.4 Å². The Labute approximate surface area is 145 Å². The van der Waals surface area contributed by atoms with Gasteiger partial charge in [0.15, 0.2) is 0 Å². The number of non-ortho nitro benzene ring substituents is 1. The molecule has 6 heteroatoms. The van der Waals surface area contributed by atoms with Gasteiger partial charge in [0, 0.05) is 37.0 Å². The van der Waals surface area contributed by atoms with E-state index in [1.54, 1.807) is 18.3 Å². The fourth-order valence-corrected chi connectivity index (χ4v) is 4.32. The molecule has 2 atom stereocenters. The molecule has 0 saturated carbocycles. The van der Waals surface area contributed by atoms with Crippen molar-refractivity contribution in [1.29, 1.82) is 5.26 Å². The van der Waals surface area contributed by atoms with Crippen molar-refractivity contribution in [2.45, 2.75) is 37.1 Å². The van der Waals surface area contributed by atoms with Gasteiger partial charge in [-0.1, -0.05) is 6.07 Å². The highest BCUT2D eigenvalue weighted by atomic mass is 16.6. The predicted octanol–water partition coefficient (Wildman–Crippen LogP) is 3.37. The van der Waals surface area contributed by atoms with Crippen molar-refractivity contribution in [3.05, 3.63) is 64.0 Å². The molecule has 126 valence electrons. The molecule has 2 aliphatic rings. The van der Waals surface area contributed by atoms with E-state index in [-0.39, 0.29) is 16.7 Å². The number of hydrogen-bond acceptors (Lipinski definition) is 5. The second kappa shape index (κ2) is 5.85. The second-order valence-electron chi connectivity index (χ2n) is 6.75. The molecular weight excluding hydrogens is 316 g/mol. The van der Waals surface area contributed by atoms with E-state index in [1.807, 2.05) is 24.3 Å². The van der Waals surface area contributed by atoms with Crippen LogP contribution in [0, 0.1) is 21.4 Å². The normalized spacial score (nSPS) is 24.8. The lowest BCUT2D eigenvalue weighted by atomic mass is 9.67. The molecule has 25 heavy (non-hydrogen) atoms. The van der Waals surface area contributed by atoms with Gasteiger partial charge in [-0.15, -0.1) is 0 Å². The molecule has 0 N–H and O–H groups in total. The molecule has 6 nitrogen and oxygen atoms in total. The van der Waals surface area contributed by atoms with Gasteiger partial charge in [-0.05, 0) is 43.0 Å². The Bertz CT molecular complexity index is 861. The summed E-state index contributed by atoms with van der Waals surface area (Å²) in [4.78, 5) is 17.6. The monoisotopic (exact) mass is 334 g/mol. The van der Waals surface area contributed by atoms with Crippen LogP contribution in [-0.2, 0) is 11.8 Å². The highest BCUT2D eigenvalue weighted by Crippen LogP contribution is 2.46. The first-order valence-electron chi connectivity index (χ1n) is 8.52. The maximum atomic E-state index is 11.2. The summed E-state index contributed by atoms with van der Waals surface area (Å²) < 4.78 is 0. The number of fused-ring (bicyclic) bond motifs is 3. The minimum Gasteiger partial charge on any atom is -0.366 e. The Balaban J connectivity index is 1.90. The minimum absolute atomic E-state index is 0.0510. The lowest BCUT2D eigenvalue weighted by Crippen LogP contribution is -2.57. The average Bonchev–Trinajstić information content (AvgIpc) is 2.67. The van der Waals surface area contributed by atoms with Crippen LogP contribution in [0.2, 0.25) is 0 Å². The number of hydrogen-bond donors (Lipinski definition) is 0. The first-order chi connectivity index (χ1) is 12.2. The minimum atomic E-state index is -0.774. The summed E-state index contributed by atoms with van der Waals surface area (Å²) in [5, 5.41) is 21.4. The van der Waals surface area contributed by atoms with Crippen LogP contribution < -0.4 is 4.90 Å². The van der Waals surface area contributed by atoms with Gasteiger partial charge in [-0.25, -0.2) is 0 Å². The predicted molar refractivity (Wildman–Crippen MR) is 93.3 cm³/mol. The summed E-state index contributed by atoms with van der Waals surface area (Å²) in [6.45, 7) is 0.867. The van der Waals surface area contributed by atoms with E-state index in [4.69, 9.17) is 0 Å². The number of nitrogens with zero attached hydrogens (tertiary/aromatic N) is 4. The number of nitro benzene ring substituents is 1. The molecule has 4 rings (SSSR count). The number of anilines is 1. The van der Waals surface area contributed by atoms with Gasteiger partial charge in [0.1, 0.15) is 5.41 Å². The van der Waals surface area contributed by atoms with Crippen molar-refractivity contribution in [1.82, 2.24) is 4.98 Å². The molecule has 1 fully saturated rings. The molecular formula is C19H18N4O2. The third-order valence-corrected chi connectivity index (χ3v) is 5.45. The Kier molecular flexibility index (Phi) is 3.65. The molecule has 2 aliphatic heterocycles. The zero-order valence-corrected chi connectivity index (χ0v) is 13.8. The Morgan fingerprint density at radius 3 is 2.92 bits per heavy atom. The smallest absolute Gasteiger partial charge is 0.269 e. The summed E-state index contributed by atoms with van der Waals surface area (Å²) in [6, 6.07) is 13.3. The Hall–Kier alpha value is -2.94. The van der Waals surface area contributed by atoms with Crippen molar-refractivity contribution in [3.63, 3.8) is 0 Å². The Morgan fingerprint density at radius 2 is 2.20 bits per heavy atom. The molecule has 1 aromatic heterocycles. The maximum Gasteiger partial charge on any atom is 0.269 e. The van der Waals surface area contributed by atoms with Gasteiger partial charge >= 0.3 is 0 Å². The van der Waals surface area contributed by atoms with Crippen molar-refractivity contribution in [2.24, 2.45) is 0 Å². The van der Waals surface area contributed by atoms with Crippen LogP contribution in [0.5, 0.6) is 0 Å². The van der Waals surface area contributed by atoms with Gasteiger partial charge in [0.25, 0.3) is 5.69 Å². The molecule has 1 aromatic carbocycles. The number of nitriles is 1. The van der Waals surface area contributed by atoms with Crippen LogP contribution in [0.3, 0.4) is 0 Å². The van der Waals surface area contributed by atoms with Gasteiger partial charge in [-0.2, -0.15) is 5.26 Å². The second-order valence-corrected chi connectivity index (χ2v) is 6.75. The summed E-state index contributed by atoms with van der Waals surface area (Å²) in [5.41, 5.74) is 1.94. The van der Waals surface area contributed by atoms with Crippen LogP contribution in [-0.4, -0.2) is 22.5 Å². The largest absolute Gasteiger partial charge is 0.366 e. The van der Waals surface area contributed by atoms with Crippen LogP contribution in [0.15, 0.2) is 42.6 Å². The van der Waals surface area contributed by atoms with E-state index in [1.165, 1.54) is 0 Å². The number of nitro groups is 1. The molecule has 0 unspecified atom stereocenters. The van der Waals surface area contributed by atoms with Crippen LogP contribution in [0.4, 0.5) is 11.4 Å². The van der Waals surface area contributed by atoms with Crippen LogP contribution >= 0.6 is 0 Å². The summed E-state index contributed by atoms with van der Waals surface area (Å²) >= 11 is 0. The van der Waals surface area contributed by atoms with Gasteiger partial charge in [0.2, 0.25) is 0 Å². The van der Waals surface area contributed by atoms with E-state index < -0.39 is 5.41 Å². The lowest BCUT2D eigenvalue weighted by Gasteiger charge is -2.50. The first-order valence-corrected chi connectivity index (χ1v) is 8.52. The number of piperidine rings is 1. The van der Waals surface area contributed by atoms with E-state index >= 15 is 0 Å². The van der Waals surface area contributed by atoms with Crippen molar-refractivity contribution >= 4 is 11.4 Å². The molecule has 1 saturated heterocycles. The molecule has 3 heterocycles. The molecule has 0 aliphatic carbocycles. The lowest BCUT2D eigenvalue weighted by molar-refractivity contribution is -0.384. The Morgan fingerprint density at radius 1 is 1.32 bits per heavy atom. The number of pyridine rings is 1. The summed E-state index contributed by atoms with van der Waals surface area (Å²) in [6.07, 6.45) is 5.25. The first kappa shape index (κ1) is 15.6. The summed E-state index contributed by atoms with van der Waals surface area (Å²) in [7, 11) is 0. The van der Waals surface area contributed by atoms with Crippen LogP contribution in [0.1, 0.15) is 30.5 Å². The van der Waals surface area contributed by atoms with Crippen molar-refractivity contribution in [2.75, 3.05) is 11.4 Å². The SMILES string of the molecule is N#C[C@@]1(c2ccccn2)Cc2cc([N+](=O)[O-])ccc2N2CCCC[C@@H]21. The molecule has 0 amide bonds. The van der Waals surface area contributed by atoms with Crippen molar-refractivity contribution < 1.29 is 4.92 Å². The van der Waals surface area contributed by atoms with E-state index in [0.29, 0.717) is 6.42 Å². The maximum absolute atomic E-state index is 11.2. The fraction of sp³-hybridized carbons (Fsp3) is 0.368. The van der Waals surface area contributed by atoms with E-state index in [0.717, 1.165) is 42.8 Å². The topological polar surface area (TPSA) is 83.1 Å². The molecule has 0 spiro atoms. The highest BCUT2D eigenvalue weighted by molar-refractivity contribution is 5.64. The zero-order valence-electron chi connectivity index (χ0n) is 13.8. The standard InChI is InChI=1S/C19H18N4O2/c20-13-19(17-5-1-3-9-21-17)12-14-11-15(23(24)25)7-8-16(14)22-10-4-2-6-18(19)22/h1,3,5,7-9,11,18H,2,4,6,10,12H2/t18-,19-/m1/s1. The number of benzene rings is 1. The van der Waals surface area contributed by atoms with E-state index in [2.05, 4.69) is 16.0 Å². The average molecular weight is 334 g/mol. The molecule has 0 radical (unpaired) electrons. The molecule has 0 bridgehead atoms. The zero-order chi connectivity index (χ0) is 17.4. The highest BCUT2D eigenvalue weighted by Gasteiger charge is 2.50. The quantitative estimate of drug-likeness (QED) is 0.621. The summed E-state index contributed by atoms with van der Waals surface area (Å²) in [5.74, 6) is 0. The van der Waals surface area contributed by atoms with Crippen LogP contribution in [0.25, 0.3) is 0 Å². The van der Waals surface area contributed by atoms with Crippen molar-refractivity contribution in [3.8, 4) is 6.07 Å². The third kappa shape index (κ3) is 2.35. The number of rotatable bonds is 2. The molecule has 2 aromatic rings. The van der Waals surface area contributed by atoms with Gasteiger partial charge in [0.05, 0.1) is 22.7 Å². The fourth-order valence-electron chi connectivity index (χ4n) is 4.32. The van der Waals surface area contributed by atoms with Gasteiger partial charge < -0.3 is 4.90 Å².